The lowest BCUT2D eigenvalue weighted by molar-refractivity contribution is -0.192. The Morgan fingerprint density at radius 2 is 1.76 bits per heavy atom. The number of nitrogens with two attached hydrogens (primary N) is 3. The van der Waals surface area contributed by atoms with Gasteiger partial charge in [-0.2, -0.15) is 13.2 Å². The predicted octanol–water partition coefficient (Wildman–Crippen LogP) is 0.321. The van der Waals surface area contributed by atoms with Gasteiger partial charge in [-0.15, -0.1) is 0 Å². The second-order valence-electron chi connectivity index (χ2n) is 7.35. The maximum atomic E-state index is 12.9. The predicted molar refractivity (Wildman–Crippen MR) is 131 cm³/mol. The number of rotatable bonds is 9. The van der Waals surface area contributed by atoms with Crippen molar-refractivity contribution in [1.82, 2.24) is 9.88 Å². The second-order valence-corrected chi connectivity index (χ2v) is 9.71. The SMILES string of the molecule is Cc1cc(N)c(S(=O)(=O)Cc2ccc(Cl)cc2)c(=O)n1CC(=O)NCCON=C(N)N.O=C(O)C(F)(F)F. The fourth-order valence-corrected chi connectivity index (χ4v) is 4.41. The van der Waals surface area contributed by atoms with E-state index in [1.54, 1.807) is 31.2 Å². The third-order valence-electron chi connectivity index (χ3n) is 4.30. The van der Waals surface area contributed by atoms with Crippen molar-refractivity contribution in [3.8, 4) is 0 Å². The smallest absolute Gasteiger partial charge is 0.475 e. The van der Waals surface area contributed by atoms with Crippen LogP contribution in [0.1, 0.15) is 11.3 Å². The number of benzene rings is 1. The Labute approximate surface area is 218 Å². The van der Waals surface area contributed by atoms with Crippen molar-refractivity contribution in [3.63, 3.8) is 0 Å². The lowest BCUT2D eigenvalue weighted by atomic mass is 10.2. The number of aryl methyl sites for hydroxylation is 1. The van der Waals surface area contributed by atoms with Gasteiger partial charge in [-0.3, -0.25) is 9.59 Å². The number of pyridine rings is 1. The van der Waals surface area contributed by atoms with Crippen molar-refractivity contribution >= 4 is 45.0 Å². The number of hydrogen-bond acceptors (Lipinski definition) is 8. The van der Waals surface area contributed by atoms with Gasteiger partial charge in [0.15, 0.2) is 14.7 Å². The van der Waals surface area contributed by atoms with Crippen LogP contribution in [0.25, 0.3) is 0 Å². The number of carbonyl (C=O) groups excluding carboxylic acids is 1. The minimum Gasteiger partial charge on any atom is -0.475 e. The summed E-state index contributed by atoms with van der Waals surface area (Å²) < 4.78 is 58.6. The molecule has 0 bridgehead atoms. The van der Waals surface area contributed by atoms with E-state index in [1.807, 2.05) is 0 Å². The van der Waals surface area contributed by atoms with Crippen molar-refractivity contribution in [2.24, 2.45) is 16.6 Å². The van der Waals surface area contributed by atoms with Crippen LogP contribution in [-0.2, 0) is 36.6 Å². The number of nitrogens with one attached hydrogen (secondary N) is 1. The third-order valence-corrected chi connectivity index (χ3v) is 6.30. The number of aliphatic carboxylic acids is 1. The molecule has 0 aliphatic heterocycles. The molecule has 0 spiro atoms. The summed E-state index contributed by atoms with van der Waals surface area (Å²) in [4.78, 5) is 38.2. The van der Waals surface area contributed by atoms with Crippen molar-refractivity contribution in [1.29, 1.82) is 0 Å². The van der Waals surface area contributed by atoms with Crippen molar-refractivity contribution in [2.75, 3.05) is 18.9 Å². The van der Waals surface area contributed by atoms with E-state index >= 15 is 0 Å². The first-order chi connectivity index (χ1) is 17.5. The highest BCUT2D eigenvalue weighted by atomic mass is 35.5. The molecule has 0 radical (unpaired) electrons. The number of aromatic nitrogens is 1. The van der Waals surface area contributed by atoms with Gasteiger partial charge in [0.2, 0.25) is 11.9 Å². The molecule has 1 heterocycles. The number of carbonyl (C=O) groups is 2. The molecule has 2 aromatic rings. The van der Waals surface area contributed by atoms with E-state index < -0.39 is 50.6 Å². The van der Waals surface area contributed by atoms with Crippen LogP contribution in [-0.4, -0.2) is 55.3 Å². The molecule has 0 saturated heterocycles. The molecule has 0 fully saturated rings. The number of carboxylic acids is 1. The molecule has 1 aromatic heterocycles. The molecule has 2 rings (SSSR count). The van der Waals surface area contributed by atoms with Gasteiger partial charge >= 0.3 is 12.1 Å². The topological polar surface area (TPSA) is 222 Å². The fourth-order valence-electron chi connectivity index (χ4n) is 2.71. The number of halogens is 4. The van der Waals surface area contributed by atoms with Gasteiger partial charge in [0.05, 0.1) is 18.0 Å². The number of carboxylic acid groups (broad SMARTS) is 1. The molecular weight excluding hydrogens is 561 g/mol. The minimum absolute atomic E-state index is 0.0000196. The van der Waals surface area contributed by atoms with Gasteiger partial charge in [0.1, 0.15) is 13.2 Å². The number of nitrogen functional groups attached to an aromatic ring is 1. The van der Waals surface area contributed by atoms with Crippen LogP contribution in [0.2, 0.25) is 5.02 Å². The highest BCUT2D eigenvalue weighted by Gasteiger charge is 2.38. The van der Waals surface area contributed by atoms with Crippen molar-refractivity contribution < 1.29 is 41.1 Å². The Morgan fingerprint density at radius 1 is 1.21 bits per heavy atom. The lowest BCUT2D eigenvalue weighted by Crippen LogP contribution is -2.37. The van der Waals surface area contributed by atoms with E-state index in [4.69, 9.17) is 43.5 Å². The Hall–Kier alpha value is -3.99. The zero-order valence-electron chi connectivity index (χ0n) is 19.7. The minimum atomic E-state index is -5.08. The van der Waals surface area contributed by atoms with E-state index in [9.17, 15) is 31.2 Å². The van der Waals surface area contributed by atoms with Crippen LogP contribution in [0.3, 0.4) is 0 Å². The molecule has 1 amide bonds. The van der Waals surface area contributed by atoms with E-state index in [-0.39, 0.29) is 24.8 Å². The van der Waals surface area contributed by atoms with Crippen LogP contribution in [0.4, 0.5) is 18.9 Å². The number of amides is 1. The van der Waals surface area contributed by atoms with Crippen LogP contribution in [0.5, 0.6) is 0 Å². The summed E-state index contributed by atoms with van der Waals surface area (Å²) in [7, 11) is -4.09. The van der Waals surface area contributed by atoms with Gasteiger partial charge in [0.25, 0.3) is 5.56 Å². The summed E-state index contributed by atoms with van der Waals surface area (Å²) >= 11 is 5.82. The van der Waals surface area contributed by atoms with Gasteiger partial charge in [0, 0.05) is 10.7 Å². The van der Waals surface area contributed by atoms with E-state index in [2.05, 4.69) is 10.5 Å². The Kier molecular flexibility index (Phi) is 11.4. The average molecular weight is 585 g/mol. The maximum Gasteiger partial charge on any atom is 0.490 e. The summed E-state index contributed by atoms with van der Waals surface area (Å²) in [5.41, 5.74) is 15.8. The van der Waals surface area contributed by atoms with Crippen molar-refractivity contribution in [3.05, 3.63) is 57.0 Å². The molecule has 13 nitrogen and oxygen atoms in total. The number of oxime groups is 1. The van der Waals surface area contributed by atoms with Gasteiger partial charge in [-0.1, -0.05) is 23.7 Å². The van der Waals surface area contributed by atoms with Crippen LogP contribution < -0.4 is 28.1 Å². The number of guanidine groups is 1. The highest BCUT2D eigenvalue weighted by Crippen LogP contribution is 2.21. The molecule has 0 atom stereocenters. The number of hydrogen-bond donors (Lipinski definition) is 5. The summed E-state index contributed by atoms with van der Waals surface area (Å²) in [6, 6.07) is 7.52. The molecule has 0 unspecified atom stereocenters. The Morgan fingerprint density at radius 3 is 2.26 bits per heavy atom. The highest BCUT2D eigenvalue weighted by molar-refractivity contribution is 7.90. The molecular formula is C20H24ClF3N6O7S. The summed E-state index contributed by atoms with van der Waals surface area (Å²) in [6.45, 7) is 1.21. The molecule has 38 heavy (non-hydrogen) atoms. The Bertz CT molecular complexity index is 1340. The Balaban J connectivity index is 0.000000905. The molecule has 0 aliphatic carbocycles. The summed E-state index contributed by atoms with van der Waals surface area (Å²) in [6.07, 6.45) is -5.08. The molecule has 8 N–H and O–H groups in total. The van der Waals surface area contributed by atoms with Crippen molar-refractivity contribution in [2.45, 2.75) is 30.3 Å². The number of anilines is 1. The first kappa shape index (κ1) is 32.0. The normalized spacial score (nSPS) is 11.1. The molecule has 1 aromatic carbocycles. The maximum absolute atomic E-state index is 12.9. The monoisotopic (exact) mass is 584 g/mol. The van der Waals surface area contributed by atoms with Crippen LogP contribution >= 0.6 is 11.6 Å². The lowest BCUT2D eigenvalue weighted by Gasteiger charge is -2.14. The van der Waals surface area contributed by atoms with E-state index in [1.165, 1.54) is 6.07 Å². The largest absolute Gasteiger partial charge is 0.490 e. The van der Waals surface area contributed by atoms with Crippen LogP contribution in [0, 0.1) is 6.92 Å². The van der Waals surface area contributed by atoms with E-state index in [0.29, 0.717) is 16.3 Å². The summed E-state index contributed by atoms with van der Waals surface area (Å²) in [5.74, 6) is -4.00. The summed E-state index contributed by atoms with van der Waals surface area (Å²) in [5, 5.41) is 13.4. The quantitative estimate of drug-likeness (QED) is 0.117. The first-order valence-electron chi connectivity index (χ1n) is 10.2. The molecule has 210 valence electrons. The number of nitrogens with zero attached hydrogens (tertiary/aromatic N) is 2. The second kappa shape index (κ2) is 13.5. The van der Waals surface area contributed by atoms with Gasteiger partial charge in [-0.25, -0.2) is 13.2 Å². The molecule has 0 saturated carbocycles. The standard InChI is InChI=1S/C18H23ClN6O5S.C2HF3O2/c1-11-8-14(20)16(31(28,29)10-12-2-4-13(19)5-3-12)17(27)25(11)9-15(26)23-6-7-30-24-18(21)22;3-2(4,5)1(6)7/h2-5,8H,6-7,9-10,20H2,1H3,(H,23,26)(H4,21,22,24);(H,6,7). The van der Waals surface area contributed by atoms with Gasteiger partial charge in [-0.05, 0) is 35.8 Å². The zero-order chi connectivity index (χ0) is 29.3. The van der Waals surface area contributed by atoms with Crippen LogP contribution in [0.15, 0.2) is 45.2 Å². The number of sulfone groups is 1. The third kappa shape index (κ3) is 10.2. The fraction of sp³-hybridized carbons (Fsp3) is 0.300. The van der Waals surface area contributed by atoms with E-state index in [0.717, 1.165) is 4.57 Å². The average Bonchev–Trinajstić information content (AvgIpc) is 2.77. The molecule has 18 heteroatoms. The first-order valence-corrected chi connectivity index (χ1v) is 12.2. The number of alkyl halides is 3. The molecule has 0 aliphatic rings. The van der Waals surface area contributed by atoms with Gasteiger partial charge < -0.3 is 37.0 Å². The zero-order valence-corrected chi connectivity index (χ0v) is 21.2.